The standard InChI is InChI=1S/C21H15N3OS3/c1-24(6-7-25)19-10-18-21(28-19)20-17(27-18)9-16(26-20)8-15(12-23)14-4-2-13(11-22)3-5-14/h2-5,8-10,25H,6-7H2,1H3/b15-8+. The number of hydrogen-bond donors (Lipinski definition) is 1. The van der Waals surface area contributed by atoms with E-state index in [9.17, 15) is 5.26 Å². The van der Waals surface area contributed by atoms with E-state index in [4.69, 9.17) is 10.4 Å². The molecule has 0 spiro atoms. The molecule has 4 nitrogen and oxygen atoms in total. The normalized spacial score (nSPS) is 11.6. The monoisotopic (exact) mass is 421 g/mol. The fourth-order valence-corrected chi connectivity index (χ4v) is 6.87. The Bertz CT molecular complexity index is 1260. The zero-order chi connectivity index (χ0) is 19.7. The van der Waals surface area contributed by atoms with E-state index in [2.05, 4.69) is 29.2 Å². The van der Waals surface area contributed by atoms with Crippen LogP contribution in [0.2, 0.25) is 0 Å². The van der Waals surface area contributed by atoms with Gasteiger partial charge in [-0.05, 0) is 35.9 Å². The zero-order valence-corrected chi connectivity index (χ0v) is 17.4. The van der Waals surface area contributed by atoms with Gasteiger partial charge in [-0.2, -0.15) is 10.5 Å². The van der Waals surface area contributed by atoms with Crippen molar-refractivity contribution in [3.8, 4) is 12.1 Å². The maximum atomic E-state index is 9.58. The van der Waals surface area contributed by atoms with Crippen LogP contribution in [0.1, 0.15) is 16.0 Å². The second-order valence-electron chi connectivity index (χ2n) is 6.23. The predicted molar refractivity (Wildman–Crippen MR) is 120 cm³/mol. The van der Waals surface area contributed by atoms with Gasteiger partial charge in [0.25, 0.3) is 0 Å². The number of aliphatic hydroxyl groups is 1. The van der Waals surface area contributed by atoms with Crippen molar-refractivity contribution in [2.24, 2.45) is 0 Å². The number of aliphatic hydroxyl groups excluding tert-OH is 1. The minimum absolute atomic E-state index is 0.137. The quantitative estimate of drug-likeness (QED) is 0.429. The highest BCUT2D eigenvalue weighted by Gasteiger charge is 2.14. The molecular weight excluding hydrogens is 406 g/mol. The van der Waals surface area contributed by atoms with E-state index in [1.165, 1.54) is 18.8 Å². The lowest BCUT2D eigenvalue weighted by Gasteiger charge is -2.14. The lowest BCUT2D eigenvalue weighted by atomic mass is 10.0. The minimum Gasteiger partial charge on any atom is -0.395 e. The summed E-state index contributed by atoms with van der Waals surface area (Å²) in [5.74, 6) is 0. The van der Waals surface area contributed by atoms with Crippen LogP contribution < -0.4 is 4.90 Å². The molecule has 0 fully saturated rings. The van der Waals surface area contributed by atoms with Crippen LogP contribution in [0.5, 0.6) is 0 Å². The SMILES string of the molecule is CN(CCO)c1cc2sc3cc(/C=C(\C#N)c4ccc(C#N)cc4)sc3c2s1. The van der Waals surface area contributed by atoms with Crippen molar-refractivity contribution in [3.05, 3.63) is 52.4 Å². The summed E-state index contributed by atoms with van der Waals surface area (Å²) < 4.78 is 5.00. The topological polar surface area (TPSA) is 71.0 Å². The first-order valence-corrected chi connectivity index (χ1v) is 11.0. The molecule has 4 rings (SSSR count). The van der Waals surface area contributed by atoms with Gasteiger partial charge in [-0.3, -0.25) is 0 Å². The molecule has 28 heavy (non-hydrogen) atoms. The molecule has 1 aromatic carbocycles. The molecule has 7 heteroatoms. The van der Waals surface area contributed by atoms with Crippen LogP contribution in [-0.4, -0.2) is 25.3 Å². The average molecular weight is 422 g/mol. The van der Waals surface area contributed by atoms with Crippen molar-refractivity contribution >= 4 is 69.5 Å². The van der Waals surface area contributed by atoms with Gasteiger partial charge in [0.2, 0.25) is 0 Å². The highest BCUT2D eigenvalue weighted by atomic mass is 32.1. The molecule has 0 radical (unpaired) electrons. The molecular formula is C21H15N3OS3. The molecule has 3 heterocycles. The Morgan fingerprint density at radius 1 is 1.07 bits per heavy atom. The van der Waals surface area contributed by atoms with Gasteiger partial charge >= 0.3 is 0 Å². The fraction of sp³-hybridized carbons (Fsp3) is 0.143. The molecule has 1 N–H and O–H groups in total. The number of likely N-dealkylation sites (N-methyl/N-ethyl adjacent to an activating group) is 1. The number of fused-ring (bicyclic) bond motifs is 3. The van der Waals surface area contributed by atoms with E-state index in [1.807, 2.05) is 25.3 Å². The number of anilines is 1. The highest BCUT2D eigenvalue weighted by molar-refractivity contribution is 7.39. The van der Waals surface area contributed by atoms with E-state index in [0.717, 1.165) is 15.4 Å². The molecule has 4 aromatic rings. The molecule has 0 unspecified atom stereocenters. The first kappa shape index (κ1) is 18.7. The van der Waals surface area contributed by atoms with Crippen LogP contribution in [0.3, 0.4) is 0 Å². The van der Waals surface area contributed by atoms with Gasteiger partial charge < -0.3 is 10.0 Å². The van der Waals surface area contributed by atoms with Crippen molar-refractivity contribution in [3.63, 3.8) is 0 Å². The number of benzene rings is 1. The van der Waals surface area contributed by atoms with Gasteiger partial charge in [-0.25, -0.2) is 0 Å². The summed E-state index contributed by atoms with van der Waals surface area (Å²) in [4.78, 5) is 3.11. The molecule has 0 bridgehead atoms. The number of hydrogen-bond acceptors (Lipinski definition) is 7. The van der Waals surface area contributed by atoms with E-state index in [1.54, 1.807) is 46.1 Å². The van der Waals surface area contributed by atoms with Crippen LogP contribution in [0.4, 0.5) is 5.00 Å². The Labute approximate surface area is 174 Å². The highest BCUT2D eigenvalue weighted by Crippen LogP contribution is 2.46. The van der Waals surface area contributed by atoms with Crippen molar-refractivity contribution in [1.82, 2.24) is 0 Å². The zero-order valence-electron chi connectivity index (χ0n) is 15.0. The summed E-state index contributed by atoms with van der Waals surface area (Å²) in [7, 11) is 1.99. The fourth-order valence-electron chi connectivity index (χ4n) is 2.91. The molecule has 0 aliphatic heterocycles. The van der Waals surface area contributed by atoms with Crippen molar-refractivity contribution in [2.45, 2.75) is 0 Å². The first-order valence-electron chi connectivity index (χ1n) is 8.53. The van der Waals surface area contributed by atoms with Gasteiger partial charge in [0, 0.05) is 27.9 Å². The van der Waals surface area contributed by atoms with Gasteiger partial charge in [0.05, 0.1) is 44.3 Å². The van der Waals surface area contributed by atoms with Gasteiger partial charge in [0.15, 0.2) is 0 Å². The Morgan fingerprint density at radius 2 is 1.79 bits per heavy atom. The number of allylic oxidation sites excluding steroid dienone is 1. The maximum absolute atomic E-state index is 9.58. The molecule has 0 saturated heterocycles. The van der Waals surface area contributed by atoms with Crippen molar-refractivity contribution in [1.29, 1.82) is 10.5 Å². The van der Waals surface area contributed by atoms with E-state index < -0.39 is 0 Å². The molecule has 3 aromatic heterocycles. The molecule has 0 saturated carbocycles. The molecule has 138 valence electrons. The molecule has 0 atom stereocenters. The van der Waals surface area contributed by atoms with Crippen LogP contribution in [0.15, 0.2) is 36.4 Å². The maximum Gasteiger partial charge on any atom is 0.0998 e. The Kier molecular flexibility index (Phi) is 5.17. The van der Waals surface area contributed by atoms with E-state index >= 15 is 0 Å². The van der Waals surface area contributed by atoms with Gasteiger partial charge in [-0.1, -0.05) is 12.1 Å². The summed E-state index contributed by atoms with van der Waals surface area (Å²) in [5.41, 5.74) is 1.98. The van der Waals surface area contributed by atoms with Crippen LogP contribution >= 0.6 is 34.0 Å². The van der Waals surface area contributed by atoms with Crippen molar-refractivity contribution in [2.75, 3.05) is 25.1 Å². The second kappa shape index (κ2) is 7.75. The number of thiophene rings is 3. The number of rotatable bonds is 5. The summed E-state index contributed by atoms with van der Waals surface area (Å²) >= 11 is 5.19. The summed E-state index contributed by atoms with van der Waals surface area (Å²) in [6.45, 7) is 0.753. The molecule has 0 amide bonds. The van der Waals surface area contributed by atoms with Crippen LogP contribution in [0, 0.1) is 22.7 Å². The first-order chi connectivity index (χ1) is 13.6. The summed E-state index contributed by atoms with van der Waals surface area (Å²) in [5, 5.41) is 28.8. The molecule has 0 aliphatic rings. The van der Waals surface area contributed by atoms with Crippen LogP contribution in [-0.2, 0) is 0 Å². The largest absolute Gasteiger partial charge is 0.395 e. The minimum atomic E-state index is 0.137. The second-order valence-corrected chi connectivity index (χ2v) is 9.42. The van der Waals surface area contributed by atoms with Gasteiger partial charge in [-0.15, -0.1) is 34.0 Å². The van der Waals surface area contributed by atoms with Gasteiger partial charge in [0.1, 0.15) is 0 Å². The molecule has 0 aliphatic carbocycles. The Morgan fingerprint density at radius 3 is 2.46 bits per heavy atom. The Balaban J connectivity index is 1.71. The smallest absolute Gasteiger partial charge is 0.0998 e. The summed E-state index contributed by atoms with van der Waals surface area (Å²) in [6.07, 6.45) is 1.91. The third kappa shape index (κ3) is 3.42. The Hall–Kier alpha value is -2.68. The lowest BCUT2D eigenvalue weighted by molar-refractivity contribution is 0.304. The number of nitrogens with zero attached hydrogens (tertiary/aromatic N) is 3. The third-order valence-corrected chi connectivity index (χ3v) is 8.21. The summed E-state index contributed by atoms with van der Waals surface area (Å²) in [6, 6.07) is 15.8. The van der Waals surface area contributed by atoms with Crippen molar-refractivity contribution < 1.29 is 5.11 Å². The van der Waals surface area contributed by atoms with E-state index in [-0.39, 0.29) is 6.61 Å². The average Bonchev–Trinajstić information content (AvgIpc) is 3.37. The number of nitriles is 2. The lowest BCUT2D eigenvalue weighted by Crippen LogP contribution is -2.19. The van der Waals surface area contributed by atoms with E-state index in [0.29, 0.717) is 17.7 Å². The van der Waals surface area contributed by atoms with Crippen LogP contribution in [0.25, 0.3) is 30.4 Å². The third-order valence-electron chi connectivity index (χ3n) is 4.37. The predicted octanol–water partition coefficient (Wildman–Crippen LogP) is 5.54.